The Balaban J connectivity index is 1.93. The summed E-state index contributed by atoms with van der Waals surface area (Å²) in [6, 6.07) is 16.9. The van der Waals surface area contributed by atoms with E-state index in [2.05, 4.69) is 9.97 Å². The van der Waals surface area contributed by atoms with Crippen molar-refractivity contribution in [1.29, 1.82) is 0 Å². The molecule has 2 aromatic carbocycles. The minimum absolute atomic E-state index is 0.0798. The van der Waals surface area contributed by atoms with Crippen LogP contribution in [0.2, 0.25) is 0 Å². The van der Waals surface area contributed by atoms with Crippen molar-refractivity contribution >= 4 is 11.5 Å². The van der Waals surface area contributed by atoms with Gasteiger partial charge in [0.1, 0.15) is 12.1 Å². The summed E-state index contributed by atoms with van der Waals surface area (Å²) in [5.74, 6) is 0.605. The average molecular weight is 350 g/mol. The van der Waals surface area contributed by atoms with Crippen molar-refractivity contribution in [3.63, 3.8) is 0 Å². The average Bonchev–Trinajstić information content (AvgIpc) is 2.64. The Labute approximate surface area is 151 Å². The van der Waals surface area contributed by atoms with Crippen LogP contribution in [0, 0.1) is 17.0 Å². The molecule has 0 saturated carbocycles. The number of hydrogen-bond acceptors (Lipinski definition) is 6. The van der Waals surface area contributed by atoms with E-state index in [4.69, 9.17) is 4.74 Å². The Morgan fingerprint density at radius 3 is 2.42 bits per heavy atom. The molecule has 7 heteroatoms. The first-order chi connectivity index (χ1) is 12.5. The number of anilines is 1. The predicted octanol–water partition coefficient (Wildman–Crippen LogP) is 4.12. The molecule has 0 saturated heterocycles. The first-order valence-corrected chi connectivity index (χ1v) is 8.03. The van der Waals surface area contributed by atoms with Crippen molar-refractivity contribution in [3.05, 3.63) is 82.2 Å². The number of aryl methyl sites for hydroxylation is 1. The van der Waals surface area contributed by atoms with Crippen LogP contribution in [-0.4, -0.2) is 21.9 Å². The van der Waals surface area contributed by atoms with Gasteiger partial charge >= 0.3 is 11.6 Å². The van der Waals surface area contributed by atoms with Crippen LogP contribution in [0.15, 0.2) is 60.9 Å². The maximum atomic E-state index is 11.7. The third-order valence-corrected chi connectivity index (χ3v) is 3.81. The van der Waals surface area contributed by atoms with Crippen LogP contribution in [0.5, 0.6) is 11.6 Å². The van der Waals surface area contributed by atoms with Crippen LogP contribution in [-0.2, 0) is 6.54 Å². The number of benzene rings is 2. The summed E-state index contributed by atoms with van der Waals surface area (Å²) >= 11 is 0. The standard InChI is InChI=1S/C19H18N4O3/c1-14-8-10-16(11-9-14)26-19-17(23(24)25)18(20-13-21-19)22(2)12-15-6-4-3-5-7-15/h3-11,13H,12H2,1-2H3. The minimum Gasteiger partial charge on any atom is -0.434 e. The van der Waals surface area contributed by atoms with E-state index in [9.17, 15) is 10.1 Å². The lowest BCUT2D eigenvalue weighted by Gasteiger charge is -2.18. The van der Waals surface area contributed by atoms with Crippen molar-refractivity contribution < 1.29 is 9.66 Å². The smallest absolute Gasteiger partial charge is 0.373 e. The Kier molecular flexibility index (Phi) is 5.07. The fourth-order valence-corrected chi connectivity index (χ4v) is 2.52. The van der Waals surface area contributed by atoms with Gasteiger partial charge in [-0.2, -0.15) is 4.98 Å². The van der Waals surface area contributed by atoms with Gasteiger partial charge in [0.25, 0.3) is 0 Å². The third-order valence-electron chi connectivity index (χ3n) is 3.81. The zero-order valence-electron chi connectivity index (χ0n) is 14.5. The van der Waals surface area contributed by atoms with Crippen LogP contribution in [0.1, 0.15) is 11.1 Å². The van der Waals surface area contributed by atoms with Crippen LogP contribution in [0.25, 0.3) is 0 Å². The highest BCUT2D eigenvalue weighted by atomic mass is 16.6. The Bertz CT molecular complexity index is 898. The van der Waals surface area contributed by atoms with Crippen molar-refractivity contribution in [2.75, 3.05) is 11.9 Å². The SMILES string of the molecule is Cc1ccc(Oc2ncnc(N(C)Cc3ccccc3)c2[N+](=O)[O-])cc1. The maximum absolute atomic E-state index is 11.7. The van der Waals surface area contributed by atoms with E-state index in [0.717, 1.165) is 11.1 Å². The molecular weight excluding hydrogens is 332 g/mol. The minimum atomic E-state index is -0.514. The largest absolute Gasteiger partial charge is 0.434 e. The lowest BCUT2D eigenvalue weighted by atomic mass is 10.2. The molecule has 0 aliphatic rings. The quantitative estimate of drug-likeness (QED) is 0.491. The van der Waals surface area contributed by atoms with E-state index in [1.807, 2.05) is 49.4 Å². The molecule has 0 radical (unpaired) electrons. The molecule has 0 amide bonds. The summed E-state index contributed by atoms with van der Waals surface area (Å²) in [6.07, 6.45) is 1.27. The van der Waals surface area contributed by atoms with Crippen LogP contribution < -0.4 is 9.64 Å². The van der Waals surface area contributed by atoms with E-state index in [0.29, 0.717) is 12.3 Å². The van der Waals surface area contributed by atoms with Crippen LogP contribution in [0.4, 0.5) is 11.5 Å². The molecule has 26 heavy (non-hydrogen) atoms. The first-order valence-electron chi connectivity index (χ1n) is 8.03. The van der Waals surface area contributed by atoms with Gasteiger partial charge in [0, 0.05) is 13.6 Å². The van der Waals surface area contributed by atoms with E-state index < -0.39 is 4.92 Å². The lowest BCUT2D eigenvalue weighted by molar-refractivity contribution is -0.385. The second-order valence-electron chi connectivity index (χ2n) is 5.86. The monoisotopic (exact) mass is 350 g/mol. The number of nitro groups is 1. The number of hydrogen-bond donors (Lipinski definition) is 0. The molecule has 132 valence electrons. The Hall–Kier alpha value is -3.48. The summed E-state index contributed by atoms with van der Waals surface area (Å²) < 4.78 is 5.65. The van der Waals surface area contributed by atoms with Gasteiger partial charge in [-0.3, -0.25) is 10.1 Å². The van der Waals surface area contributed by atoms with Gasteiger partial charge in [0.05, 0.1) is 4.92 Å². The molecule has 3 rings (SSSR count). The second kappa shape index (κ2) is 7.60. The zero-order chi connectivity index (χ0) is 18.5. The first kappa shape index (κ1) is 17.3. The Morgan fingerprint density at radius 1 is 1.08 bits per heavy atom. The molecule has 1 heterocycles. The molecular formula is C19H18N4O3. The highest BCUT2D eigenvalue weighted by Crippen LogP contribution is 2.36. The highest BCUT2D eigenvalue weighted by molar-refractivity contribution is 5.63. The number of ether oxygens (including phenoxy) is 1. The van der Waals surface area contributed by atoms with Gasteiger partial charge in [-0.15, -0.1) is 0 Å². The number of rotatable bonds is 6. The van der Waals surface area contributed by atoms with Gasteiger partial charge < -0.3 is 9.64 Å². The molecule has 0 aliphatic heterocycles. The van der Waals surface area contributed by atoms with Crippen molar-refractivity contribution in [2.24, 2.45) is 0 Å². The van der Waals surface area contributed by atoms with Gasteiger partial charge in [-0.1, -0.05) is 48.0 Å². The van der Waals surface area contributed by atoms with Crippen molar-refractivity contribution in [2.45, 2.75) is 13.5 Å². The van der Waals surface area contributed by atoms with E-state index in [1.54, 1.807) is 24.1 Å². The summed E-state index contributed by atoms with van der Waals surface area (Å²) in [7, 11) is 1.75. The summed E-state index contributed by atoms with van der Waals surface area (Å²) in [6.45, 7) is 2.43. The topological polar surface area (TPSA) is 81.4 Å². The highest BCUT2D eigenvalue weighted by Gasteiger charge is 2.27. The van der Waals surface area contributed by atoms with Gasteiger partial charge in [0.15, 0.2) is 0 Å². The van der Waals surface area contributed by atoms with E-state index >= 15 is 0 Å². The summed E-state index contributed by atoms with van der Waals surface area (Å²) in [5, 5.41) is 11.7. The Morgan fingerprint density at radius 2 is 1.77 bits per heavy atom. The predicted molar refractivity (Wildman–Crippen MR) is 98.5 cm³/mol. The van der Waals surface area contributed by atoms with Crippen molar-refractivity contribution in [1.82, 2.24) is 9.97 Å². The molecule has 0 fully saturated rings. The summed E-state index contributed by atoms with van der Waals surface area (Å²) in [4.78, 5) is 20.9. The molecule has 0 spiro atoms. The lowest BCUT2D eigenvalue weighted by Crippen LogP contribution is -2.19. The van der Waals surface area contributed by atoms with Gasteiger partial charge in [0.2, 0.25) is 5.82 Å². The number of aromatic nitrogens is 2. The van der Waals surface area contributed by atoms with Crippen molar-refractivity contribution in [3.8, 4) is 11.6 Å². The molecule has 3 aromatic rings. The molecule has 0 aliphatic carbocycles. The molecule has 1 aromatic heterocycles. The molecule has 0 N–H and O–H groups in total. The molecule has 0 atom stereocenters. The molecule has 0 unspecified atom stereocenters. The van der Waals surface area contributed by atoms with Crippen LogP contribution >= 0.6 is 0 Å². The fourth-order valence-electron chi connectivity index (χ4n) is 2.52. The molecule has 0 bridgehead atoms. The number of nitrogens with zero attached hydrogens (tertiary/aromatic N) is 4. The van der Waals surface area contributed by atoms with Gasteiger partial charge in [-0.05, 0) is 24.6 Å². The maximum Gasteiger partial charge on any atom is 0.373 e. The normalized spacial score (nSPS) is 10.4. The molecule has 7 nitrogen and oxygen atoms in total. The van der Waals surface area contributed by atoms with E-state index in [-0.39, 0.29) is 17.4 Å². The van der Waals surface area contributed by atoms with E-state index in [1.165, 1.54) is 6.33 Å². The fraction of sp³-hybridized carbons (Fsp3) is 0.158. The second-order valence-corrected chi connectivity index (χ2v) is 5.86. The van der Waals surface area contributed by atoms with Crippen LogP contribution in [0.3, 0.4) is 0 Å². The van der Waals surface area contributed by atoms with Gasteiger partial charge in [-0.25, -0.2) is 4.98 Å². The third kappa shape index (κ3) is 3.94. The summed E-state index contributed by atoms with van der Waals surface area (Å²) in [5.41, 5.74) is 1.83. The zero-order valence-corrected chi connectivity index (χ0v) is 14.5.